The van der Waals surface area contributed by atoms with Crippen molar-refractivity contribution in [2.24, 2.45) is 0 Å². The lowest BCUT2D eigenvalue weighted by atomic mass is 10.2. The maximum absolute atomic E-state index is 14.7. The zero-order valence-corrected chi connectivity index (χ0v) is 19.2. The topological polar surface area (TPSA) is 93.6 Å². The molecule has 1 aliphatic heterocycles. The molecule has 0 radical (unpaired) electrons. The van der Waals surface area contributed by atoms with Crippen LogP contribution >= 0.6 is 11.3 Å². The van der Waals surface area contributed by atoms with Crippen LogP contribution in [0.15, 0.2) is 41.8 Å². The van der Waals surface area contributed by atoms with Crippen LogP contribution in [0.5, 0.6) is 0 Å². The van der Waals surface area contributed by atoms with E-state index in [9.17, 15) is 9.18 Å². The predicted octanol–water partition coefficient (Wildman–Crippen LogP) is 2.77. The molecule has 1 fully saturated rings. The van der Waals surface area contributed by atoms with Gasteiger partial charge in [0.15, 0.2) is 11.6 Å². The predicted molar refractivity (Wildman–Crippen MR) is 128 cm³/mol. The van der Waals surface area contributed by atoms with E-state index in [1.807, 2.05) is 22.4 Å². The summed E-state index contributed by atoms with van der Waals surface area (Å²) in [6.45, 7) is 5.88. The highest BCUT2D eigenvalue weighted by Gasteiger charge is 2.21. The molecule has 1 aliphatic rings. The van der Waals surface area contributed by atoms with Gasteiger partial charge in [-0.25, -0.2) is 9.37 Å². The van der Waals surface area contributed by atoms with Crippen LogP contribution in [0.3, 0.4) is 0 Å². The van der Waals surface area contributed by atoms with Crippen molar-refractivity contribution in [3.8, 4) is 0 Å². The number of halogens is 1. The number of aliphatic hydroxyl groups excluding tert-OH is 1. The number of carbonyl (C=O) groups is 1. The molecular formula is C23H27FN6O2S. The van der Waals surface area contributed by atoms with Gasteiger partial charge in [0.1, 0.15) is 0 Å². The van der Waals surface area contributed by atoms with Crippen LogP contribution in [0.25, 0.3) is 0 Å². The van der Waals surface area contributed by atoms with E-state index in [0.717, 1.165) is 18.0 Å². The smallest absolute Gasteiger partial charge is 0.251 e. The van der Waals surface area contributed by atoms with Crippen LogP contribution in [0.1, 0.15) is 20.9 Å². The largest absolute Gasteiger partial charge is 0.395 e. The van der Waals surface area contributed by atoms with Crippen molar-refractivity contribution >= 4 is 34.7 Å². The lowest BCUT2D eigenvalue weighted by Crippen LogP contribution is -2.47. The number of piperazine rings is 1. The molecule has 0 aliphatic carbocycles. The highest BCUT2D eigenvalue weighted by atomic mass is 32.1. The maximum atomic E-state index is 14.7. The fourth-order valence-corrected chi connectivity index (χ4v) is 4.25. The van der Waals surface area contributed by atoms with E-state index in [4.69, 9.17) is 5.11 Å². The molecule has 0 saturated carbocycles. The summed E-state index contributed by atoms with van der Waals surface area (Å²) in [5, 5.41) is 17.0. The number of benzene rings is 1. The number of rotatable bonds is 8. The molecule has 10 heteroatoms. The minimum absolute atomic E-state index is 0.102. The number of nitrogens with zero attached hydrogens (tertiary/aromatic N) is 4. The second kappa shape index (κ2) is 10.7. The molecule has 1 saturated heterocycles. The zero-order chi connectivity index (χ0) is 23.2. The molecule has 3 N–H and O–H groups in total. The van der Waals surface area contributed by atoms with Gasteiger partial charge >= 0.3 is 0 Å². The van der Waals surface area contributed by atoms with Crippen LogP contribution in [0.4, 0.5) is 21.8 Å². The molecule has 33 heavy (non-hydrogen) atoms. The van der Waals surface area contributed by atoms with Gasteiger partial charge in [-0.1, -0.05) is 6.07 Å². The minimum Gasteiger partial charge on any atom is -0.395 e. The number of anilines is 3. The Labute approximate surface area is 196 Å². The molecule has 3 heterocycles. The quantitative estimate of drug-likeness (QED) is 0.466. The number of amides is 1. The monoisotopic (exact) mass is 470 g/mol. The number of aromatic nitrogens is 2. The number of thiophene rings is 1. The average Bonchev–Trinajstić information content (AvgIpc) is 3.35. The number of hydrogen-bond donors (Lipinski definition) is 3. The molecule has 8 nitrogen and oxygen atoms in total. The van der Waals surface area contributed by atoms with Gasteiger partial charge in [0, 0.05) is 48.9 Å². The van der Waals surface area contributed by atoms with Gasteiger partial charge in [-0.05, 0) is 42.6 Å². The number of aliphatic hydroxyl groups is 1. The van der Waals surface area contributed by atoms with Crippen LogP contribution in [0.2, 0.25) is 0 Å². The Morgan fingerprint density at radius 1 is 1.15 bits per heavy atom. The molecule has 4 rings (SSSR count). The van der Waals surface area contributed by atoms with E-state index in [1.165, 1.54) is 0 Å². The third kappa shape index (κ3) is 5.84. The lowest BCUT2D eigenvalue weighted by Gasteiger charge is -2.34. The molecular weight excluding hydrogens is 443 g/mol. The van der Waals surface area contributed by atoms with Crippen LogP contribution < -0.4 is 15.5 Å². The highest BCUT2D eigenvalue weighted by molar-refractivity contribution is 7.09. The van der Waals surface area contributed by atoms with Gasteiger partial charge in [0.2, 0.25) is 5.95 Å². The van der Waals surface area contributed by atoms with Crippen molar-refractivity contribution in [3.63, 3.8) is 0 Å². The Balaban J connectivity index is 1.41. The molecule has 1 amide bonds. The normalized spacial score (nSPS) is 14.3. The summed E-state index contributed by atoms with van der Waals surface area (Å²) in [6, 6.07) is 10.8. The highest BCUT2D eigenvalue weighted by Crippen LogP contribution is 2.23. The van der Waals surface area contributed by atoms with Crippen LogP contribution in [-0.4, -0.2) is 65.2 Å². The Bertz CT molecular complexity index is 1070. The minimum atomic E-state index is -0.504. The van der Waals surface area contributed by atoms with Crippen molar-refractivity contribution in [2.45, 2.75) is 13.5 Å². The van der Waals surface area contributed by atoms with Crippen LogP contribution in [0, 0.1) is 12.7 Å². The Kier molecular flexibility index (Phi) is 7.48. The van der Waals surface area contributed by atoms with E-state index < -0.39 is 5.82 Å². The zero-order valence-electron chi connectivity index (χ0n) is 18.4. The fraction of sp³-hybridized carbons (Fsp3) is 0.348. The number of β-amino-alcohol motifs (C(OH)–C–C–N with tert-alkyl or cyclic N) is 1. The summed E-state index contributed by atoms with van der Waals surface area (Å²) < 4.78 is 14.7. The molecule has 0 unspecified atom stereocenters. The summed E-state index contributed by atoms with van der Waals surface area (Å²) in [6.07, 6.45) is 0. The average molecular weight is 471 g/mol. The lowest BCUT2D eigenvalue weighted by molar-refractivity contribution is 0.0951. The summed E-state index contributed by atoms with van der Waals surface area (Å²) in [5.74, 6) is -0.0909. The standard InChI is InChI=1S/C23H27FN6O2S/c1-16-20(24)21(28-23(26-16)30-10-8-29(9-11-30)12-13-31)27-18-6-4-17(5-7-18)22(32)25-15-19-3-2-14-33-19/h2-7,14,31H,8-13,15H2,1H3,(H,25,32)(H,26,27,28). The van der Waals surface area contributed by atoms with Gasteiger partial charge in [-0.3, -0.25) is 9.69 Å². The third-order valence-corrected chi connectivity index (χ3v) is 6.37. The molecule has 3 aromatic rings. The van der Waals surface area contributed by atoms with E-state index in [1.54, 1.807) is 42.5 Å². The first-order valence-electron chi connectivity index (χ1n) is 10.8. The number of carbonyl (C=O) groups excluding carboxylic acids is 1. The number of aryl methyl sites for hydroxylation is 1. The van der Waals surface area contributed by atoms with E-state index in [2.05, 4.69) is 25.5 Å². The number of nitrogens with one attached hydrogen (secondary N) is 2. The van der Waals surface area contributed by atoms with Gasteiger partial charge in [0.05, 0.1) is 18.8 Å². The summed E-state index contributed by atoms with van der Waals surface area (Å²) in [7, 11) is 0. The second-order valence-electron chi connectivity index (χ2n) is 7.79. The maximum Gasteiger partial charge on any atom is 0.251 e. The SMILES string of the molecule is Cc1nc(N2CCN(CCO)CC2)nc(Nc2ccc(C(=O)NCc3cccs3)cc2)c1F. The van der Waals surface area contributed by atoms with Gasteiger partial charge < -0.3 is 20.6 Å². The fourth-order valence-electron chi connectivity index (χ4n) is 3.61. The molecule has 1 aromatic carbocycles. The van der Waals surface area contributed by atoms with Crippen molar-refractivity contribution in [3.05, 3.63) is 63.7 Å². The second-order valence-corrected chi connectivity index (χ2v) is 8.82. The first kappa shape index (κ1) is 23.1. The molecule has 0 spiro atoms. The van der Waals surface area contributed by atoms with Crippen molar-refractivity contribution in [1.82, 2.24) is 20.2 Å². The van der Waals surface area contributed by atoms with Gasteiger partial charge in [-0.15, -0.1) is 11.3 Å². The first-order chi connectivity index (χ1) is 16.0. The van der Waals surface area contributed by atoms with Crippen molar-refractivity contribution in [1.29, 1.82) is 0 Å². The first-order valence-corrected chi connectivity index (χ1v) is 11.7. The molecule has 2 aromatic heterocycles. The summed E-state index contributed by atoms with van der Waals surface area (Å²) >= 11 is 1.59. The molecule has 174 valence electrons. The van der Waals surface area contributed by atoms with E-state index in [0.29, 0.717) is 43.4 Å². The van der Waals surface area contributed by atoms with Crippen molar-refractivity contribution in [2.75, 3.05) is 49.5 Å². The third-order valence-electron chi connectivity index (χ3n) is 5.49. The van der Waals surface area contributed by atoms with Gasteiger partial charge in [0.25, 0.3) is 5.91 Å². The molecule has 0 bridgehead atoms. The Morgan fingerprint density at radius 3 is 2.58 bits per heavy atom. The van der Waals surface area contributed by atoms with Gasteiger partial charge in [-0.2, -0.15) is 4.98 Å². The Hall–Kier alpha value is -3.08. The molecule has 0 atom stereocenters. The van der Waals surface area contributed by atoms with Crippen molar-refractivity contribution < 1.29 is 14.3 Å². The Morgan fingerprint density at radius 2 is 1.91 bits per heavy atom. The van der Waals surface area contributed by atoms with Crippen LogP contribution in [-0.2, 0) is 6.54 Å². The van der Waals surface area contributed by atoms with E-state index >= 15 is 0 Å². The summed E-state index contributed by atoms with van der Waals surface area (Å²) in [4.78, 5) is 26.4. The van der Waals surface area contributed by atoms with E-state index in [-0.39, 0.29) is 24.0 Å². The number of hydrogen-bond acceptors (Lipinski definition) is 8. The summed E-state index contributed by atoms with van der Waals surface area (Å²) in [5.41, 5.74) is 1.42.